The number of hydrogen-bond acceptors (Lipinski definition) is 4. The summed E-state index contributed by atoms with van der Waals surface area (Å²) in [4.78, 5) is 23.7. The normalized spacial score (nSPS) is 18.7. The number of carbonyl (C=O) groups excluding carboxylic acids is 1. The Morgan fingerprint density at radius 2 is 2.32 bits per heavy atom. The fourth-order valence-corrected chi connectivity index (χ4v) is 2.33. The maximum atomic E-state index is 11.9. The second-order valence-corrected chi connectivity index (χ2v) is 4.65. The molecule has 102 valence electrons. The third-order valence-corrected chi connectivity index (χ3v) is 3.52. The zero-order valence-corrected chi connectivity index (χ0v) is 11.1. The van der Waals surface area contributed by atoms with E-state index in [0.717, 1.165) is 0 Å². The zero-order chi connectivity index (χ0) is 14.0. The fourth-order valence-electron chi connectivity index (χ4n) is 2.12. The standard InChI is InChI=1S/C12H13ClN2O4/c1-19-11-5-9(15(17)18)2-3-10(11)14-7-8(6-13)4-12(14)16/h2-3,5,8H,4,6-7H2,1H3. The van der Waals surface area contributed by atoms with Crippen LogP contribution in [0, 0.1) is 16.0 Å². The Balaban J connectivity index is 2.34. The number of methoxy groups -OCH3 is 1. The number of alkyl halides is 1. The lowest BCUT2D eigenvalue weighted by Crippen LogP contribution is -2.25. The van der Waals surface area contributed by atoms with E-state index >= 15 is 0 Å². The minimum Gasteiger partial charge on any atom is -0.494 e. The van der Waals surface area contributed by atoms with Crippen LogP contribution >= 0.6 is 11.6 Å². The molecule has 1 aliphatic heterocycles. The molecule has 1 heterocycles. The molecule has 0 bridgehead atoms. The Morgan fingerprint density at radius 3 is 2.84 bits per heavy atom. The molecular formula is C12H13ClN2O4. The van der Waals surface area contributed by atoms with Gasteiger partial charge >= 0.3 is 0 Å². The number of benzene rings is 1. The second-order valence-electron chi connectivity index (χ2n) is 4.34. The lowest BCUT2D eigenvalue weighted by atomic mass is 10.1. The minimum absolute atomic E-state index is 0.0437. The Bertz CT molecular complexity index is 520. The predicted molar refractivity (Wildman–Crippen MR) is 70.8 cm³/mol. The highest BCUT2D eigenvalue weighted by Crippen LogP contribution is 2.35. The average Bonchev–Trinajstić information content (AvgIpc) is 2.79. The molecule has 0 N–H and O–H groups in total. The van der Waals surface area contributed by atoms with E-state index in [2.05, 4.69) is 0 Å². The molecule has 0 radical (unpaired) electrons. The quantitative estimate of drug-likeness (QED) is 0.483. The molecule has 1 aromatic carbocycles. The first-order valence-electron chi connectivity index (χ1n) is 5.75. The number of nitro groups is 1. The van der Waals surface area contributed by atoms with E-state index < -0.39 is 4.92 Å². The Kier molecular flexibility index (Phi) is 3.90. The molecule has 0 spiro atoms. The summed E-state index contributed by atoms with van der Waals surface area (Å²) in [7, 11) is 1.42. The van der Waals surface area contributed by atoms with Crippen LogP contribution in [0.2, 0.25) is 0 Å². The number of nitro benzene ring substituents is 1. The van der Waals surface area contributed by atoms with Gasteiger partial charge in [0, 0.05) is 24.9 Å². The van der Waals surface area contributed by atoms with Crippen molar-refractivity contribution in [3.05, 3.63) is 28.3 Å². The monoisotopic (exact) mass is 284 g/mol. The molecule has 0 aromatic heterocycles. The van der Waals surface area contributed by atoms with Crippen molar-refractivity contribution in [1.82, 2.24) is 0 Å². The number of rotatable bonds is 4. The second kappa shape index (κ2) is 5.44. The molecule has 0 aliphatic carbocycles. The van der Waals surface area contributed by atoms with Crippen LogP contribution in [0.1, 0.15) is 6.42 Å². The molecule has 2 rings (SSSR count). The highest BCUT2D eigenvalue weighted by molar-refractivity contribution is 6.18. The molecule has 1 atom stereocenters. The topological polar surface area (TPSA) is 72.7 Å². The predicted octanol–water partition coefficient (Wildman–Crippen LogP) is 2.20. The van der Waals surface area contributed by atoms with Crippen molar-refractivity contribution < 1.29 is 14.5 Å². The molecule has 1 unspecified atom stereocenters. The summed E-state index contributed by atoms with van der Waals surface area (Å²) in [5.41, 5.74) is 0.479. The third kappa shape index (κ3) is 2.63. The van der Waals surface area contributed by atoms with Crippen LogP contribution in [-0.4, -0.2) is 30.4 Å². The van der Waals surface area contributed by atoms with Crippen LogP contribution in [0.15, 0.2) is 18.2 Å². The summed E-state index contributed by atoms with van der Waals surface area (Å²) in [6.07, 6.45) is 0.393. The number of anilines is 1. The Morgan fingerprint density at radius 1 is 1.58 bits per heavy atom. The van der Waals surface area contributed by atoms with Gasteiger partial charge in [-0.2, -0.15) is 0 Å². The molecule has 1 fully saturated rings. The lowest BCUT2D eigenvalue weighted by Gasteiger charge is -2.19. The van der Waals surface area contributed by atoms with Crippen molar-refractivity contribution in [3.63, 3.8) is 0 Å². The van der Waals surface area contributed by atoms with Gasteiger partial charge in [-0.05, 0) is 12.0 Å². The molecule has 1 aliphatic rings. The van der Waals surface area contributed by atoms with Gasteiger partial charge in [-0.1, -0.05) is 0 Å². The third-order valence-electron chi connectivity index (χ3n) is 3.09. The van der Waals surface area contributed by atoms with Crippen molar-refractivity contribution in [2.75, 3.05) is 24.4 Å². The van der Waals surface area contributed by atoms with Gasteiger partial charge in [0.1, 0.15) is 5.75 Å². The first-order valence-corrected chi connectivity index (χ1v) is 6.29. The maximum absolute atomic E-state index is 11.9. The lowest BCUT2D eigenvalue weighted by molar-refractivity contribution is -0.384. The zero-order valence-electron chi connectivity index (χ0n) is 10.3. The molecule has 7 heteroatoms. The number of ether oxygens (including phenoxy) is 1. The van der Waals surface area contributed by atoms with Gasteiger partial charge in [0.2, 0.25) is 5.91 Å². The summed E-state index contributed by atoms with van der Waals surface area (Å²) in [5.74, 6) is 0.794. The number of amides is 1. The summed E-state index contributed by atoms with van der Waals surface area (Å²) in [6, 6.07) is 4.21. The van der Waals surface area contributed by atoms with E-state index in [1.165, 1.54) is 25.3 Å². The van der Waals surface area contributed by atoms with Crippen LogP contribution < -0.4 is 9.64 Å². The molecule has 1 aromatic rings. The summed E-state index contributed by atoms with van der Waals surface area (Å²) >= 11 is 5.77. The summed E-state index contributed by atoms with van der Waals surface area (Å²) < 4.78 is 5.13. The van der Waals surface area contributed by atoms with Gasteiger partial charge in [0.15, 0.2) is 0 Å². The van der Waals surface area contributed by atoms with Gasteiger partial charge in [-0.25, -0.2) is 0 Å². The largest absolute Gasteiger partial charge is 0.494 e. The Hall–Kier alpha value is -1.82. The first-order chi connectivity index (χ1) is 9.06. The number of non-ortho nitro benzene ring substituents is 1. The van der Waals surface area contributed by atoms with E-state index in [4.69, 9.17) is 16.3 Å². The molecule has 6 nitrogen and oxygen atoms in total. The van der Waals surface area contributed by atoms with Gasteiger partial charge in [-0.3, -0.25) is 14.9 Å². The van der Waals surface area contributed by atoms with Crippen LogP contribution in [0.4, 0.5) is 11.4 Å². The van der Waals surface area contributed by atoms with Gasteiger partial charge in [-0.15, -0.1) is 11.6 Å². The van der Waals surface area contributed by atoms with Crippen molar-refractivity contribution in [3.8, 4) is 5.75 Å². The SMILES string of the molecule is COc1cc([N+](=O)[O-])ccc1N1CC(CCl)CC1=O. The fraction of sp³-hybridized carbons (Fsp3) is 0.417. The van der Waals surface area contributed by atoms with Crippen molar-refractivity contribution >= 4 is 28.9 Å². The van der Waals surface area contributed by atoms with Crippen LogP contribution in [-0.2, 0) is 4.79 Å². The van der Waals surface area contributed by atoms with Crippen LogP contribution in [0.3, 0.4) is 0 Å². The number of carbonyl (C=O) groups is 1. The minimum atomic E-state index is -0.500. The van der Waals surface area contributed by atoms with E-state index in [1.807, 2.05) is 0 Å². The van der Waals surface area contributed by atoms with Gasteiger partial charge in [0.05, 0.1) is 23.8 Å². The maximum Gasteiger partial charge on any atom is 0.273 e. The van der Waals surface area contributed by atoms with Crippen molar-refractivity contribution in [2.24, 2.45) is 5.92 Å². The Labute approximate surface area is 115 Å². The van der Waals surface area contributed by atoms with Crippen LogP contribution in [0.25, 0.3) is 0 Å². The molecule has 1 amide bonds. The van der Waals surface area contributed by atoms with Crippen LogP contribution in [0.5, 0.6) is 5.75 Å². The van der Waals surface area contributed by atoms with Crippen molar-refractivity contribution in [1.29, 1.82) is 0 Å². The van der Waals surface area contributed by atoms with Crippen molar-refractivity contribution in [2.45, 2.75) is 6.42 Å². The van der Waals surface area contributed by atoms with E-state index in [1.54, 1.807) is 4.90 Å². The van der Waals surface area contributed by atoms with E-state index in [9.17, 15) is 14.9 Å². The highest BCUT2D eigenvalue weighted by Gasteiger charge is 2.32. The summed E-state index contributed by atoms with van der Waals surface area (Å²) in [6.45, 7) is 0.510. The van der Waals surface area contributed by atoms with Gasteiger partial charge < -0.3 is 9.64 Å². The molecule has 19 heavy (non-hydrogen) atoms. The number of halogens is 1. The molecule has 1 saturated heterocycles. The van der Waals surface area contributed by atoms with Gasteiger partial charge in [0.25, 0.3) is 5.69 Å². The smallest absolute Gasteiger partial charge is 0.273 e. The number of nitrogens with zero attached hydrogens (tertiary/aromatic N) is 2. The van der Waals surface area contributed by atoms with E-state index in [-0.39, 0.29) is 17.5 Å². The molecular weight excluding hydrogens is 272 g/mol. The first kappa shape index (κ1) is 13.6. The van der Waals surface area contributed by atoms with E-state index in [0.29, 0.717) is 30.3 Å². The summed E-state index contributed by atoms with van der Waals surface area (Å²) in [5, 5.41) is 10.7. The molecule has 0 saturated carbocycles. The highest BCUT2D eigenvalue weighted by atomic mass is 35.5. The number of hydrogen-bond donors (Lipinski definition) is 0. The average molecular weight is 285 g/mol.